The van der Waals surface area contributed by atoms with Crippen LogP contribution in [0.5, 0.6) is 11.5 Å². The van der Waals surface area contributed by atoms with E-state index in [1.54, 1.807) is 38.1 Å². The summed E-state index contributed by atoms with van der Waals surface area (Å²) in [7, 11) is 1.50. The molecule has 0 fully saturated rings. The van der Waals surface area contributed by atoms with E-state index in [9.17, 15) is 19.7 Å². The number of fused-ring (bicyclic) bond motifs is 1. The van der Waals surface area contributed by atoms with Gasteiger partial charge in [-0.3, -0.25) is 19.5 Å². The van der Waals surface area contributed by atoms with Crippen LogP contribution in [0.3, 0.4) is 0 Å². The van der Waals surface area contributed by atoms with Gasteiger partial charge in [0.1, 0.15) is 11.5 Å². The van der Waals surface area contributed by atoms with Gasteiger partial charge in [-0.2, -0.15) is 0 Å². The smallest absolute Gasteiger partial charge is 0.338 e. The molecule has 0 bridgehead atoms. The number of benzene rings is 2. The molecule has 0 saturated heterocycles. The van der Waals surface area contributed by atoms with E-state index in [4.69, 9.17) is 30.2 Å². The summed E-state index contributed by atoms with van der Waals surface area (Å²) in [5, 5.41) is 11.8. The second-order valence-electron chi connectivity index (χ2n) is 9.38. The number of allylic oxidation sites excluding steroid dienone is 1. The number of rotatable bonds is 9. The molecule has 1 aliphatic heterocycles. The number of carbonyl (C=O) groups is 1. The molecule has 11 nitrogen and oxygen atoms in total. The number of hydrogen-bond donors (Lipinski definition) is 0. The molecule has 0 spiro atoms. The van der Waals surface area contributed by atoms with Crippen molar-refractivity contribution in [2.75, 3.05) is 20.3 Å². The Bertz CT molecular complexity index is 2010. The van der Waals surface area contributed by atoms with E-state index in [0.29, 0.717) is 38.6 Å². The van der Waals surface area contributed by atoms with E-state index in [2.05, 4.69) is 20.9 Å². The van der Waals surface area contributed by atoms with Gasteiger partial charge in [0, 0.05) is 21.6 Å². The number of ether oxygens (including phenoxy) is 3. The van der Waals surface area contributed by atoms with Crippen LogP contribution in [-0.4, -0.2) is 35.8 Å². The first-order valence-corrected chi connectivity index (χ1v) is 15.3. The van der Waals surface area contributed by atoms with Gasteiger partial charge in [0.2, 0.25) is 0 Å². The fourth-order valence-electron chi connectivity index (χ4n) is 4.84. The summed E-state index contributed by atoms with van der Waals surface area (Å²) < 4.78 is 24.8. The van der Waals surface area contributed by atoms with Crippen molar-refractivity contribution in [1.29, 1.82) is 0 Å². The molecule has 4 aromatic rings. The van der Waals surface area contributed by atoms with Crippen molar-refractivity contribution >= 4 is 56.6 Å². The molecule has 3 heterocycles. The molecule has 0 aliphatic carbocycles. The number of esters is 1. The molecule has 0 amide bonds. The first-order chi connectivity index (χ1) is 21.1. The zero-order valence-electron chi connectivity index (χ0n) is 23.9. The Morgan fingerprint density at radius 3 is 2.66 bits per heavy atom. The third-order valence-corrected chi connectivity index (χ3v) is 8.62. The van der Waals surface area contributed by atoms with Gasteiger partial charge < -0.3 is 18.6 Å². The van der Waals surface area contributed by atoms with Crippen molar-refractivity contribution in [2.24, 2.45) is 4.99 Å². The number of hydrogen-bond acceptors (Lipinski definition) is 10. The standard InChI is InChI=1S/C30H25BrClN3O8S/c1-5-41-24-14-20(31)19(13-23(24)40-4)27-26(29(37)42-6-2)15(3)33-30-34(27)28(36)25(44-30)12-17-8-10-22(43-17)18-9-7-16(32)11-21(18)35(38)39/h7-14,27H,5-6H2,1-4H3/b25-12+/t27-/m0/s1. The van der Waals surface area contributed by atoms with E-state index in [-0.39, 0.29) is 44.5 Å². The van der Waals surface area contributed by atoms with Gasteiger partial charge in [0.25, 0.3) is 11.2 Å². The molecule has 0 N–H and O–H groups in total. The number of thiazole rings is 1. The lowest BCUT2D eigenvalue weighted by molar-refractivity contribution is -0.384. The SMILES string of the molecule is CCOC(=O)C1=C(C)N=c2s/c(=C/c3ccc(-c4ccc(Cl)cc4[N+](=O)[O-])o3)c(=O)n2[C@H]1c1cc(OC)c(OCC)cc1Br. The Morgan fingerprint density at radius 2 is 1.98 bits per heavy atom. The van der Waals surface area contributed by atoms with Crippen LogP contribution in [0.2, 0.25) is 5.02 Å². The minimum absolute atomic E-state index is 0.132. The Kier molecular flexibility index (Phi) is 9.09. The van der Waals surface area contributed by atoms with Gasteiger partial charge in [0.15, 0.2) is 16.3 Å². The van der Waals surface area contributed by atoms with Crippen molar-refractivity contribution in [1.82, 2.24) is 4.57 Å². The number of carbonyl (C=O) groups excluding carboxylic acids is 1. The average Bonchev–Trinajstić information content (AvgIpc) is 3.56. The highest BCUT2D eigenvalue weighted by molar-refractivity contribution is 9.10. The normalized spacial score (nSPS) is 14.7. The molecule has 0 unspecified atom stereocenters. The number of nitro groups is 1. The molecule has 5 rings (SSSR count). The summed E-state index contributed by atoms with van der Waals surface area (Å²) in [6, 6.07) is 9.99. The highest BCUT2D eigenvalue weighted by atomic mass is 79.9. The largest absolute Gasteiger partial charge is 0.493 e. The Hall–Kier alpha value is -4.20. The molecule has 1 aliphatic rings. The number of aromatic nitrogens is 1. The zero-order valence-corrected chi connectivity index (χ0v) is 27.0. The maximum atomic E-state index is 14.0. The molecule has 228 valence electrons. The van der Waals surface area contributed by atoms with Crippen LogP contribution in [0.4, 0.5) is 5.69 Å². The molecule has 0 radical (unpaired) electrons. The topological polar surface area (TPSA) is 135 Å². The van der Waals surface area contributed by atoms with Crippen LogP contribution in [0.25, 0.3) is 17.4 Å². The lowest BCUT2D eigenvalue weighted by atomic mass is 9.95. The first kappa shape index (κ1) is 31.2. The van der Waals surface area contributed by atoms with Crippen LogP contribution in [0, 0.1) is 10.1 Å². The number of nitrogens with zero attached hydrogens (tertiary/aromatic N) is 3. The fraction of sp³-hybridized carbons (Fsp3) is 0.233. The lowest BCUT2D eigenvalue weighted by Gasteiger charge is -2.26. The number of furan rings is 1. The zero-order chi connectivity index (χ0) is 31.7. The molecule has 44 heavy (non-hydrogen) atoms. The van der Waals surface area contributed by atoms with Crippen LogP contribution in [0.1, 0.15) is 38.1 Å². The molecule has 1 atom stereocenters. The number of methoxy groups -OCH3 is 1. The minimum atomic E-state index is -0.907. The van der Waals surface area contributed by atoms with Crippen molar-refractivity contribution < 1.29 is 28.3 Å². The van der Waals surface area contributed by atoms with E-state index < -0.39 is 22.5 Å². The van der Waals surface area contributed by atoms with Gasteiger partial charge in [-0.05, 0) is 62.7 Å². The highest BCUT2D eigenvalue weighted by Gasteiger charge is 2.35. The number of nitro benzene ring substituents is 1. The van der Waals surface area contributed by atoms with Gasteiger partial charge >= 0.3 is 5.97 Å². The Balaban J connectivity index is 1.68. The van der Waals surface area contributed by atoms with E-state index in [1.165, 1.54) is 36.0 Å². The molecule has 14 heteroatoms. The molecular formula is C30H25BrClN3O8S. The minimum Gasteiger partial charge on any atom is -0.493 e. The summed E-state index contributed by atoms with van der Waals surface area (Å²) >= 11 is 10.7. The van der Waals surface area contributed by atoms with Crippen LogP contribution in [-0.2, 0) is 9.53 Å². The molecular weight excluding hydrogens is 678 g/mol. The highest BCUT2D eigenvalue weighted by Crippen LogP contribution is 2.41. The molecule has 0 saturated carbocycles. The van der Waals surface area contributed by atoms with Crippen LogP contribution >= 0.6 is 38.9 Å². The monoisotopic (exact) mass is 701 g/mol. The van der Waals surface area contributed by atoms with E-state index in [0.717, 1.165) is 11.3 Å². The van der Waals surface area contributed by atoms with Crippen molar-refractivity contribution in [3.05, 3.63) is 104 Å². The fourth-order valence-corrected chi connectivity index (χ4v) is 6.57. The summed E-state index contributed by atoms with van der Waals surface area (Å²) in [6.45, 7) is 5.78. The quantitative estimate of drug-likeness (QED) is 0.122. The number of halogens is 2. The van der Waals surface area contributed by atoms with Gasteiger partial charge in [-0.25, -0.2) is 9.79 Å². The maximum Gasteiger partial charge on any atom is 0.338 e. The van der Waals surface area contributed by atoms with Gasteiger partial charge in [0.05, 0.1) is 52.7 Å². The maximum absolute atomic E-state index is 14.0. The van der Waals surface area contributed by atoms with Crippen molar-refractivity contribution in [3.63, 3.8) is 0 Å². The second kappa shape index (κ2) is 12.8. The lowest BCUT2D eigenvalue weighted by Crippen LogP contribution is -2.40. The predicted molar refractivity (Wildman–Crippen MR) is 168 cm³/mol. The molecule has 2 aromatic carbocycles. The third-order valence-electron chi connectivity index (χ3n) is 6.72. The van der Waals surface area contributed by atoms with Gasteiger partial charge in [-0.15, -0.1) is 0 Å². The van der Waals surface area contributed by atoms with Crippen LogP contribution < -0.4 is 24.4 Å². The Labute approximate surface area is 267 Å². The second-order valence-corrected chi connectivity index (χ2v) is 11.7. The van der Waals surface area contributed by atoms with Crippen molar-refractivity contribution in [3.8, 4) is 22.8 Å². The summed E-state index contributed by atoms with van der Waals surface area (Å²) in [5.74, 6) is 0.830. The van der Waals surface area contributed by atoms with Gasteiger partial charge in [-0.1, -0.05) is 38.9 Å². The molecule has 2 aromatic heterocycles. The van der Waals surface area contributed by atoms with E-state index in [1.807, 2.05) is 6.92 Å². The third kappa shape index (κ3) is 5.82. The summed E-state index contributed by atoms with van der Waals surface area (Å²) in [6.07, 6.45) is 1.53. The predicted octanol–water partition coefficient (Wildman–Crippen LogP) is 5.79. The van der Waals surface area contributed by atoms with Crippen molar-refractivity contribution in [2.45, 2.75) is 26.8 Å². The average molecular weight is 703 g/mol. The summed E-state index contributed by atoms with van der Waals surface area (Å²) in [5.41, 5.74) is 0.763. The summed E-state index contributed by atoms with van der Waals surface area (Å²) in [4.78, 5) is 43.3. The van der Waals surface area contributed by atoms with E-state index >= 15 is 0 Å². The first-order valence-electron chi connectivity index (χ1n) is 13.3. The van der Waals surface area contributed by atoms with Crippen LogP contribution in [0.15, 0.2) is 72.4 Å². The Morgan fingerprint density at radius 1 is 1.20 bits per heavy atom.